The van der Waals surface area contributed by atoms with Crippen LogP contribution in [0, 0.1) is 0 Å². The standard InChI is InChI=1S/C12H11FO3/c13-11(12(15)16)9-3-1-2-7-4-5-8(14)6-10(7)9/h3-6,11,14H,1-2H2,(H,15,16). The molecule has 0 radical (unpaired) electrons. The smallest absolute Gasteiger partial charge is 0.343 e. The van der Waals surface area contributed by atoms with Gasteiger partial charge in [-0.1, -0.05) is 12.1 Å². The lowest BCUT2D eigenvalue weighted by Crippen LogP contribution is -2.18. The lowest BCUT2D eigenvalue weighted by molar-refractivity contribution is -0.140. The van der Waals surface area contributed by atoms with Crippen molar-refractivity contribution < 1.29 is 19.4 Å². The number of carboxylic acids is 1. The first-order chi connectivity index (χ1) is 7.59. The van der Waals surface area contributed by atoms with Gasteiger partial charge in [-0.15, -0.1) is 0 Å². The van der Waals surface area contributed by atoms with Gasteiger partial charge in [0.15, 0.2) is 0 Å². The number of rotatable bonds is 2. The fourth-order valence-electron chi connectivity index (χ4n) is 1.92. The first-order valence-corrected chi connectivity index (χ1v) is 4.99. The van der Waals surface area contributed by atoms with Crippen molar-refractivity contribution in [3.63, 3.8) is 0 Å². The molecule has 0 fully saturated rings. The zero-order chi connectivity index (χ0) is 11.7. The zero-order valence-electron chi connectivity index (χ0n) is 8.48. The predicted molar refractivity (Wildman–Crippen MR) is 56.9 cm³/mol. The van der Waals surface area contributed by atoms with Gasteiger partial charge >= 0.3 is 5.97 Å². The minimum absolute atomic E-state index is 0.0177. The van der Waals surface area contributed by atoms with E-state index >= 15 is 0 Å². The van der Waals surface area contributed by atoms with Crippen LogP contribution < -0.4 is 0 Å². The Morgan fingerprint density at radius 3 is 2.88 bits per heavy atom. The van der Waals surface area contributed by atoms with Gasteiger partial charge in [-0.3, -0.25) is 0 Å². The highest BCUT2D eigenvalue weighted by Crippen LogP contribution is 2.32. The van der Waals surface area contributed by atoms with E-state index < -0.39 is 12.1 Å². The van der Waals surface area contributed by atoms with Gasteiger partial charge in [0.1, 0.15) is 5.75 Å². The van der Waals surface area contributed by atoms with Crippen LogP contribution >= 0.6 is 0 Å². The van der Waals surface area contributed by atoms with Gasteiger partial charge in [0.25, 0.3) is 0 Å². The SMILES string of the molecule is O=C(O)C(F)C1=CCCc2ccc(O)cc21. The molecule has 0 aromatic heterocycles. The van der Waals surface area contributed by atoms with Crippen LogP contribution in [-0.4, -0.2) is 22.4 Å². The average molecular weight is 222 g/mol. The minimum atomic E-state index is -2.03. The van der Waals surface area contributed by atoms with Crippen LogP contribution in [0.4, 0.5) is 4.39 Å². The first kappa shape index (κ1) is 10.7. The number of hydrogen-bond acceptors (Lipinski definition) is 2. The van der Waals surface area contributed by atoms with Crippen LogP contribution in [0.1, 0.15) is 17.5 Å². The van der Waals surface area contributed by atoms with Crippen LogP contribution in [0.2, 0.25) is 0 Å². The first-order valence-electron chi connectivity index (χ1n) is 4.99. The molecule has 1 unspecified atom stereocenters. The minimum Gasteiger partial charge on any atom is -0.508 e. The fraction of sp³-hybridized carbons (Fsp3) is 0.250. The van der Waals surface area contributed by atoms with Crippen molar-refractivity contribution >= 4 is 11.5 Å². The van der Waals surface area contributed by atoms with Gasteiger partial charge in [-0.2, -0.15) is 0 Å². The molecule has 1 aliphatic rings. The normalized spacial score (nSPS) is 16.2. The van der Waals surface area contributed by atoms with Crippen LogP contribution in [0.3, 0.4) is 0 Å². The van der Waals surface area contributed by atoms with Crippen LogP contribution in [0.5, 0.6) is 5.75 Å². The third kappa shape index (κ3) is 1.78. The van der Waals surface area contributed by atoms with Crippen LogP contribution in [0.15, 0.2) is 24.3 Å². The highest BCUT2D eigenvalue weighted by Gasteiger charge is 2.26. The Hall–Kier alpha value is -1.84. The second-order valence-corrected chi connectivity index (χ2v) is 3.74. The monoisotopic (exact) mass is 222 g/mol. The van der Waals surface area contributed by atoms with Crippen molar-refractivity contribution in [3.05, 3.63) is 35.4 Å². The Balaban J connectivity index is 2.47. The number of benzene rings is 1. The van der Waals surface area contributed by atoms with Gasteiger partial charge in [0, 0.05) is 5.57 Å². The number of fused-ring (bicyclic) bond motifs is 1. The van der Waals surface area contributed by atoms with E-state index in [-0.39, 0.29) is 11.3 Å². The molecular formula is C12H11FO3. The summed E-state index contributed by atoms with van der Waals surface area (Å²) >= 11 is 0. The number of alkyl halides is 1. The Bertz CT molecular complexity index is 465. The van der Waals surface area contributed by atoms with Crippen molar-refractivity contribution in [2.75, 3.05) is 0 Å². The largest absolute Gasteiger partial charge is 0.508 e. The molecular weight excluding hydrogens is 211 g/mol. The van der Waals surface area contributed by atoms with Crippen LogP contribution in [-0.2, 0) is 11.2 Å². The molecule has 0 bridgehead atoms. The number of hydrogen-bond donors (Lipinski definition) is 2. The van der Waals surface area contributed by atoms with E-state index in [2.05, 4.69) is 0 Å². The van der Waals surface area contributed by atoms with E-state index in [0.29, 0.717) is 12.0 Å². The summed E-state index contributed by atoms with van der Waals surface area (Å²) in [6, 6.07) is 4.64. The number of carbonyl (C=O) groups is 1. The molecule has 2 rings (SSSR count). The lowest BCUT2D eigenvalue weighted by Gasteiger charge is -2.18. The summed E-state index contributed by atoms with van der Waals surface area (Å²) in [4.78, 5) is 10.6. The van der Waals surface area contributed by atoms with Gasteiger partial charge < -0.3 is 10.2 Å². The van der Waals surface area contributed by atoms with Crippen molar-refractivity contribution in [2.45, 2.75) is 19.0 Å². The molecule has 4 heteroatoms. The molecule has 0 amide bonds. The van der Waals surface area contributed by atoms with Crippen molar-refractivity contribution in [2.24, 2.45) is 0 Å². The summed E-state index contributed by atoms with van der Waals surface area (Å²) in [6.45, 7) is 0. The molecule has 2 N–H and O–H groups in total. The molecule has 1 aliphatic carbocycles. The molecule has 0 saturated carbocycles. The van der Waals surface area contributed by atoms with Crippen molar-refractivity contribution in [3.8, 4) is 5.75 Å². The maximum Gasteiger partial charge on any atom is 0.343 e. The topological polar surface area (TPSA) is 57.5 Å². The second kappa shape index (κ2) is 3.96. The van der Waals surface area contributed by atoms with Crippen molar-refractivity contribution in [1.82, 2.24) is 0 Å². The molecule has 0 saturated heterocycles. The van der Waals surface area contributed by atoms with E-state index in [0.717, 1.165) is 12.0 Å². The zero-order valence-corrected chi connectivity index (χ0v) is 8.48. The van der Waals surface area contributed by atoms with Crippen LogP contribution in [0.25, 0.3) is 5.57 Å². The second-order valence-electron chi connectivity index (χ2n) is 3.74. The third-order valence-corrected chi connectivity index (χ3v) is 2.67. The third-order valence-electron chi connectivity index (χ3n) is 2.67. The fourth-order valence-corrected chi connectivity index (χ4v) is 1.92. The highest BCUT2D eigenvalue weighted by molar-refractivity contribution is 5.91. The van der Waals surface area contributed by atoms with Gasteiger partial charge in [0.05, 0.1) is 0 Å². The Morgan fingerprint density at radius 1 is 1.44 bits per heavy atom. The van der Waals surface area contributed by atoms with E-state index in [4.69, 9.17) is 5.11 Å². The quantitative estimate of drug-likeness (QED) is 0.806. The summed E-state index contributed by atoms with van der Waals surface area (Å²) in [7, 11) is 0. The number of allylic oxidation sites excluding steroid dienone is 1. The van der Waals surface area contributed by atoms with Gasteiger partial charge in [-0.05, 0) is 36.1 Å². The number of phenolic OH excluding ortho intramolecular Hbond substituents is 1. The average Bonchev–Trinajstić information content (AvgIpc) is 2.27. The van der Waals surface area contributed by atoms with E-state index in [1.807, 2.05) is 0 Å². The number of aliphatic carboxylic acids is 1. The summed E-state index contributed by atoms with van der Waals surface area (Å²) in [6.07, 6.45) is 0.924. The summed E-state index contributed by atoms with van der Waals surface area (Å²) in [5, 5.41) is 18.0. The van der Waals surface area contributed by atoms with Crippen molar-refractivity contribution in [1.29, 1.82) is 0 Å². The van der Waals surface area contributed by atoms with Gasteiger partial charge in [0.2, 0.25) is 6.17 Å². The molecule has 0 aliphatic heterocycles. The lowest BCUT2D eigenvalue weighted by atomic mass is 9.88. The molecule has 0 heterocycles. The maximum atomic E-state index is 13.5. The summed E-state index contributed by atoms with van der Waals surface area (Å²) < 4.78 is 13.5. The van der Waals surface area contributed by atoms with E-state index in [1.165, 1.54) is 12.1 Å². The van der Waals surface area contributed by atoms with E-state index in [9.17, 15) is 14.3 Å². The summed E-state index contributed by atoms with van der Waals surface area (Å²) in [5.74, 6) is -1.48. The number of phenols is 1. The maximum absolute atomic E-state index is 13.5. The summed E-state index contributed by atoms with van der Waals surface area (Å²) in [5.41, 5.74) is 1.52. The molecule has 84 valence electrons. The molecule has 1 aromatic rings. The molecule has 0 spiro atoms. The Morgan fingerprint density at radius 2 is 2.19 bits per heavy atom. The Labute approximate surface area is 91.8 Å². The highest BCUT2D eigenvalue weighted by atomic mass is 19.1. The Kier molecular flexibility index (Phi) is 2.64. The molecule has 3 nitrogen and oxygen atoms in total. The molecule has 1 aromatic carbocycles. The number of aryl methyl sites for hydroxylation is 1. The number of aromatic hydroxyl groups is 1. The molecule has 1 atom stereocenters. The number of halogens is 1. The predicted octanol–water partition coefficient (Wildman–Crippen LogP) is 2.14. The molecule has 16 heavy (non-hydrogen) atoms. The number of carboxylic acid groups (broad SMARTS) is 1. The van der Waals surface area contributed by atoms with Gasteiger partial charge in [-0.25, -0.2) is 9.18 Å². The van der Waals surface area contributed by atoms with E-state index in [1.54, 1.807) is 12.1 Å².